The molecule has 200 valence electrons. The molecule has 0 amide bonds. The average Bonchev–Trinajstić information content (AvgIpc) is 3.25. The molecule has 4 rings (SSSR count). The maximum absolute atomic E-state index is 14.3. The van der Waals surface area contributed by atoms with Gasteiger partial charge in [0.25, 0.3) is 0 Å². The van der Waals surface area contributed by atoms with E-state index in [-0.39, 0.29) is 35.0 Å². The van der Waals surface area contributed by atoms with Gasteiger partial charge in [-0.3, -0.25) is 4.79 Å². The number of nitrogens with zero attached hydrogens (tertiary/aromatic N) is 2. The first kappa shape index (κ1) is 27.4. The molecule has 0 radical (unpaired) electrons. The molecule has 0 saturated carbocycles. The number of fused-ring (bicyclic) bond motifs is 1. The smallest absolute Gasteiger partial charge is 0.178 e. The highest BCUT2D eigenvalue weighted by atomic mass is 32.2. The first-order valence-corrected chi connectivity index (χ1v) is 14.1. The Labute approximate surface area is 221 Å². The van der Waals surface area contributed by atoms with Gasteiger partial charge in [-0.05, 0) is 68.3 Å². The van der Waals surface area contributed by atoms with E-state index in [0.29, 0.717) is 17.9 Å². The minimum Gasteiger partial charge on any atom is -0.477 e. The second-order valence-corrected chi connectivity index (χ2v) is 11.9. The number of halogens is 2. The van der Waals surface area contributed by atoms with Crippen LogP contribution in [0.4, 0.5) is 8.78 Å². The first-order chi connectivity index (χ1) is 17.9. The van der Waals surface area contributed by atoms with Crippen LogP contribution in [0.2, 0.25) is 0 Å². The Morgan fingerprint density at radius 3 is 2.24 bits per heavy atom. The number of hydrogen-bond donors (Lipinski definition) is 0. The summed E-state index contributed by atoms with van der Waals surface area (Å²) in [6, 6.07) is 15.2. The minimum atomic E-state index is -3.29. The molecular weight excluding hydrogens is 510 g/mol. The molecule has 4 aromatic rings. The zero-order valence-electron chi connectivity index (χ0n) is 21.8. The van der Waals surface area contributed by atoms with Crippen molar-refractivity contribution in [3.8, 4) is 5.75 Å². The lowest BCUT2D eigenvalue weighted by Crippen LogP contribution is -2.30. The van der Waals surface area contributed by atoms with Gasteiger partial charge in [0, 0.05) is 25.5 Å². The zero-order chi connectivity index (χ0) is 27.7. The third-order valence-electron chi connectivity index (χ3n) is 6.39. The van der Waals surface area contributed by atoms with E-state index in [2.05, 4.69) is 0 Å². The van der Waals surface area contributed by atoms with Gasteiger partial charge in [-0.25, -0.2) is 22.2 Å². The molecule has 38 heavy (non-hydrogen) atoms. The fraction of sp³-hybridized carbons (Fsp3) is 0.310. The number of rotatable bonds is 10. The van der Waals surface area contributed by atoms with Crippen molar-refractivity contribution < 1.29 is 26.7 Å². The fourth-order valence-electron chi connectivity index (χ4n) is 4.44. The highest BCUT2D eigenvalue weighted by Crippen LogP contribution is 2.32. The molecule has 9 heteroatoms. The summed E-state index contributed by atoms with van der Waals surface area (Å²) in [5, 5.41) is 0. The summed E-state index contributed by atoms with van der Waals surface area (Å²) in [5.74, 6) is -0.963. The summed E-state index contributed by atoms with van der Waals surface area (Å²) in [4.78, 5) is 17.8. The number of carbonyl (C=O) groups is 1. The number of ether oxygens (including phenoxy) is 1. The maximum atomic E-state index is 14.3. The zero-order valence-corrected chi connectivity index (χ0v) is 22.6. The molecule has 0 atom stereocenters. The van der Waals surface area contributed by atoms with Gasteiger partial charge in [-0.15, -0.1) is 0 Å². The lowest BCUT2D eigenvalue weighted by Gasteiger charge is -2.26. The summed E-state index contributed by atoms with van der Waals surface area (Å²) in [6.45, 7) is 7.69. The lowest BCUT2D eigenvalue weighted by molar-refractivity contribution is -0.117. The van der Waals surface area contributed by atoms with E-state index in [1.807, 2.05) is 29.7 Å². The van der Waals surface area contributed by atoms with Crippen LogP contribution < -0.4 is 4.74 Å². The first-order valence-electron chi connectivity index (χ1n) is 12.4. The van der Waals surface area contributed by atoms with Gasteiger partial charge >= 0.3 is 0 Å². The molecule has 0 aliphatic heterocycles. The third-order valence-corrected chi connectivity index (χ3v) is 8.14. The number of imidazole rings is 1. The van der Waals surface area contributed by atoms with Crippen molar-refractivity contribution in [2.75, 3.05) is 5.75 Å². The van der Waals surface area contributed by atoms with Gasteiger partial charge in [0.1, 0.15) is 11.6 Å². The van der Waals surface area contributed by atoms with Crippen LogP contribution in [-0.2, 0) is 39.6 Å². The van der Waals surface area contributed by atoms with Gasteiger partial charge in [0.05, 0.1) is 21.7 Å². The second-order valence-electron chi connectivity index (χ2n) is 9.63. The fourth-order valence-corrected chi connectivity index (χ4v) is 5.33. The van der Waals surface area contributed by atoms with Crippen molar-refractivity contribution in [2.45, 2.75) is 57.6 Å². The van der Waals surface area contributed by atoms with E-state index in [1.54, 1.807) is 32.9 Å². The molecule has 0 unspecified atom stereocenters. The van der Waals surface area contributed by atoms with E-state index in [9.17, 15) is 22.0 Å². The molecule has 0 bridgehead atoms. The Morgan fingerprint density at radius 1 is 0.947 bits per heavy atom. The van der Waals surface area contributed by atoms with Crippen LogP contribution in [0.3, 0.4) is 0 Å². The maximum Gasteiger partial charge on any atom is 0.178 e. The highest BCUT2D eigenvalue weighted by Gasteiger charge is 2.31. The highest BCUT2D eigenvalue weighted by molar-refractivity contribution is 7.91. The van der Waals surface area contributed by atoms with Gasteiger partial charge < -0.3 is 9.30 Å². The molecule has 1 heterocycles. The molecule has 1 aromatic heterocycles. The van der Waals surface area contributed by atoms with E-state index < -0.39 is 27.1 Å². The topological polar surface area (TPSA) is 78.3 Å². The van der Waals surface area contributed by atoms with Crippen molar-refractivity contribution >= 4 is 26.7 Å². The Hall–Kier alpha value is -3.59. The van der Waals surface area contributed by atoms with Crippen LogP contribution in [0.15, 0.2) is 65.6 Å². The van der Waals surface area contributed by atoms with Crippen molar-refractivity contribution in [3.63, 3.8) is 0 Å². The summed E-state index contributed by atoms with van der Waals surface area (Å²) in [6.07, 6.45) is 0.378. The normalized spacial score (nSPS) is 12.2. The van der Waals surface area contributed by atoms with Crippen molar-refractivity contribution in [1.82, 2.24) is 9.55 Å². The number of aryl methyl sites for hydroxylation is 1. The molecule has 0 saturated heterocycles. The Morgan fingerprint density at radius 2 is 1.61 bits per heavy atom. The minimum absolute atomic E-state index is 0.0129. The Bertz CT molecular complexity index is 1590. The molecular formula is C29H30F2N2O4S. The second kappa shape index (κ2) is 10.6. The van der Waals surface area contributed by atoms with Gasteiger partial charge in [0.2, 0.25) is 0 Å². The summed E-state index contributed by atoms with van der Waals surface area (Å²) >= 11 is 0. The summed E-state index contributed by atoms with van der Waals surface area (Å²) < 4.78 is 59.5. The predicted octanol–water partition coefficient (Wildman–Crippen LogP) is 5.80. The third kappa shape index (κ3) is 5.78. The van der Waals surface area contributed by atoms with Gasteiger partial charge in [0.15, 0.2) is 32.8 Å². The number of carbonyl (C=O) groups excluding carboxylic acids is 1. The SMILES string of the molecule is CCn1c(C(C)(C)Oc2ccc(F)cc2F)nc2cc(CC(=O)Cc3ccc(S(=O)(=O)CC)cc3)ccc21. The number of Topliss-reactive ketones (excluding diaryl/α,β-unsaturated/α-hetero) is 1. The standard InChI is InChI=1S/C29H30F2N2O4S/c1-5-33-26-13-9-20(16-22(34)15-19-7-11-23(12-8-19)38(35,36)6-2)17-25(26)32-28(33)29(3,4)37-27-14-10-21(30)18-24(27)31/h7-14,17-18H,5-6,15-16H2,1-4H3. The summed E-state index contributed by atoms with van der Waals surface area (Å²) in [7, 11) is -3.29. The van der Waals surface area contributed by atoms with Crippen molar-refractivity contribution in [3.05, 3.63) is 89.2 Å². The number of aromatic nitrogens is 2. The molecule has 0 aliphatic carbocycles. The number of sulfone groups is 1. The van der Waals surface area contributed by atoms with Crippen molar-refractivity contribution in [1.29, 1.82) is 0 Å². The molecule has 0 aliphatic rings. The van der Waals surface area contributed by atoms with Crippen LogP contribution in [0.1, 0.15) is 44.6 Å². The number of benzene rings is 3. The molecule has 6 nitrogen and oxygen atoms in total. The van der Waals surface area contributed by atoms with Crippen LogP contribution in [0.25, 0.3) is 11.0 Å². The number of ketones is 1. The lowest BCUT2D eigenvalue weighted by atomic mass is 10.0. The predicted molar refractivity (Wildman–Crippen MR) is 142 cm³/mol. The molecule has 3 aromatic carbocycles. The Kier molecular flexibility index (Phi) is 7.69. The van der Waals surface area contributed by atoms with Crippen molar-refractivity contribution in [2.24, 2.45) is 0 Å². The number of hydrogen-bond acceptors (Lipinski definition) is 5. The van der Waals surface area contributed by atoms with Gasteiger partial charge in [-0.2, -0.15) is 0 Å². The molecule has 0 fully saturated rings. The van der Waals surface area contributed by atoms with Crippen LogP contribution >= 0.6 is 0 Å². The van der Waals surface area contributed by atoms with E-state index in [0.717, 1.165) is 28.8 Å². The average molecular weight is 541 g/mol. The quantitative estimate of drug-likeness (QED) is 0.254. The Balaban J connectivity index is 1.54. The van der Waals surface area contributed by atoms with E-state index in [4.69, 9.17) is 9.72 Å². The van der Waals surface area contributed by atoms with E-state index >= 15 is 0 Å². The molecule has 0 N–H and O–H groups in total. The molecule has 0 spiro atoms. The monoisotopic (exact) mass is 540 g/mol. The summed E-state index contributed by atoms with van der Waals surface area (Å²) in [5.41, 5.74) is 2.04. The van der Waals surface area contributed by atoms with Crippen LogP contribution in [-0.4, -0.2) is 29.5 Å². The largest absolute Gasteiger partial charge is 0.477 e. The van der Waals surface area contributed by atoms with E-state index in [1.165, 1.54) is 18.2 Å². The van der Waals surface area contributed by atoms with Crippen LogP contribution in [0, 0.1) is 11.6 Å². The van der Waals surface area contributed by atoms with Gasteiger partial charge in [-0.1, -0.05) is 25.1 Å². The van der Waals surface area contributed by atoms with Crippen LogP contribution in [0.5, 0.6) is 5.75 Å².